The van der Waals surface area contributed by atoms with Gasteiger partial charge in [0.15, 0.2) is 0 Å². The minimum Gasteiger partial charge on any atom is -0.490 e. The van der Waals surface area contributed by atoms with Gasteiger partial charge in [0.05, 0.1) is 18.8 Å². The van der Waals surface area contributed by atoms with Gasteiger partial charge < -0.3 is 34.7 Å². The number of ether oxygens (including phenoxy) is 3. The van der Waals surface area contributed by atoms with Crippen molar-refractivity contribution in [3.05, 3.63) is 56.5 Å². The topological polar surface area (TPSA) is 105 Å². The fourth-order valence-electron chi connectivity index (χ4n) is 6.56. The van der Waals surface area contributed by atoms with E-state index in [0.717, 1.165) is 99.8 Å². The number of pyridine rings is 1. The number of aryl methyl sites for hydroxylation is 2. The number of aromatic nitrogens is 1. The van der Waals surface area contributed by atoms with Gasteiger partial charge >= 0.3 is 0 Å². The molecule has 1 unspecified atom stereocenters. The second kappa shape index (κ2) is 13.4. The summed E-state index contributed by atoms with van der Waals surface area (Å²) in [6.07, 6.45) is 5.39. The van der Waals surface area contributed by atoms with Crippen molar-refractivity contribution in [3.8, 4) is 5.75 Å². The quantitative estimate of drug-likeness (QED) is 0.402. The van der Waals surface area contributed by atoms with Crippen LogP contribution in [0, 0.1) is 26.7 Å². The van der Waals surface area contributed by atoms with Gasteiger partial charge in [-0.15, -0.1) is 0 Å². The molecule has 1 saturated carbocycles. The van der Waals surface area contributed by atoms with E-state index in [1.807, 2.05) is 32.9 Å². The van der Waals surface area contributed by atoms with Crippen LogP contribution in [0.3, 0.4) is 0 Å². The fraction of sp³-hybridized carbons (Fsp3) is 0.625. The summed E-state index contributed by atoms with van der Waals surface area (Å²) in [6.45, 7) is 13.1. The minimum atomic E-state index is -0.204. The number of anilines is 1. The molecule has 1 aromatic carbocycles. The summed E-state index contributed by atoms with van der Waals surface area (Å²) in [4.78, 5) is 31.4. The standard InChI is InChI=1S/C32H46N4O5/c1-5-36(24-6-9-39-10-7-24)30-17-26(41-25-13-23(14-25)15-27-18-33-8-11-40-27)16-28(22(30)4)31(37)34-19-29-20(2)12-21(3)35-32(29)38/h12,16-17,23-25,27,33H,5-11,13-15,18-19H2,1-4H3,(H,34,37)(H,35,38). The van der Waals surface area contributed by atoms with Crippen LogP contribution in [0.15, 0.2) is 23.0 Å². The average Bonchev–Trinajstić information content (AvgIpc) is 2.94. The number of carbonyl (C=O) groups is 1. The lowest BCUT2D eigenvalue weighted by atomic mass is 9.78. The Morgan fingerprint density at radius 3 is 2.59 bits per heavy atom. The smallest absolute Gasteiger partial charge is 0.253 e. The first-order valence-electron chi connectivity index (χ1n) is 15.3. The molecule has 1 aliphatic carbocycles. The van der Waals surface area contributed by atoms with Crippen molar-refractivity contribution in [2.75, 3.05) is 44.4 Å². The van der Waals surface area contributed by atoms with E-state index in [1.54, 1.807) is 0 Å². The zero-order valence-electron chi connectivity index (χ0n) is 25.0. The van der Waals surface area contributed by atoms with Gasteiger partial charge in [-0.1, -0.05) is 0 Å². The average molecular weight is 567 g/mol. The number of aromatic amines is 1. The molecule has 9 nitrogen and oxygen atoms in total. The second-order valence-electron chi connectivity index (χ2n) is 11.9. The van der Waals surface area contributed by atoms with Crippen molar-refractivity contribution in [1.82, 2.24) is 15.6 Å². The third-order valence-corrected chi connectivity index (χ3v) is 8.90. The molecule has 3 aliphatic rings. The molecule has 2 saturated heterocycles. The summed E-state index contributed by atoms with van der Waals surface area (Å²) in [6, 6.07) is 6.27. The molecule has 3 fully saturated rings. The van der Waals surface area contributed by atoms with Crippen LogP contribution in [0.25, 0.3) is 0 Å². The Bertz CT molecular complexity index is 1260. The highest BCUT2D eigenvalue weighted by Crippen LogP contribution is 2.38. The summed E-state index contributed by atoms with van der Waals surface area (Å²) >= 11 is 0. The number of rotatable bonds is 10. The van der Waals surface area contributed by atoms with E-state index in [2.05, 4.69) is 33.5 Å². The van der Waals surface area contributed by atoms with Gasteiger partial charge in [-0.3, -0.25) is 9.59 Å². The van der Waals surface area contributed by atoms with Crippen LogP contribution in [-0.2, 0) is 16.0 Å². The number of carbonyl (C=O) groups excluding carboxylic acids is 1. The second-order valence-corrected chi connectivity index (χ2v) is 11.9. The van der Waals surface area contributed by atoms with Crippen LogP contribution in [0.4, 0.5) is 5.69 Å². The SMILES string of the molecule is CCN(c1cc(OC2CC(CC3CNCCO3)C2)cc(C(=O)NCc2c(C)cc(C)[nH]c2=O)c1C)C1CCOCC1. The number of benzene rings is 1. The highest BCUT2D eigenvalue weighted by molar-refractivity contribution is 5.97. The Morgan fingerprint density at radius 2 is 1.90 bits per heavy atom. The number of hydrogen-bond donors (Lipinski definition) is 3. The fourth-order valence-corrected chi connectivity index (χ4v) is 6.56. The molecule has 1 atom stereocenters. The van der Waals surface area contributed by atoms with Gasteiger partial charge in [-0.2, -0.15) is 0 Å². The number of amides is 1. The number of nitrogens with one attached hydrogen (secondary N) is 3. The van der Waals surface area contributed by atoms with Crippen molar-refractivity contribution in [2.24, 2.45) is 5.92 Å². The zero-order valence-corrected chi connectivity index (χ0v) is 25.0. The van der Waals surface area contributed by atoms with E-state index in [9.17, 15) is 9.59 Å². The number of morpholine rings is 1. The Kier molecular flexibility index (Phi) is 9.68. The molecule has 0 bridgehead atoms. The van der Waals surface area contributed by atoms with Gasteiger partial charge in [-0.25, -0.2) is 0 Å². The number of H-pyrrole nitrogens is 1. The third-order valence-electron chi connectivity index (χ3n) is 8.90. The zero-order chi connectivity index (χ0) is 28.9. The van der Waals surface area contributed by atoms with Crippen molar-refractivity contribution in [1.29, 1.82) is 0 Å². The molecule has 5 rings (SSSR count). The Morgan fingerprint density at radius 1 is 1.12 bits per heavy atom. The molecule has 3 heterocycles. The van der Waals surface area contributed by atoms with Gasteiger partial charge in [0.1, 0.15) is 5.75 Å². The first kappa shape index (κ1) is 29.6. The normalized spacial score (nSPS) is 23.1. The van der Waals surface area contributed by atoms with Crippen LogP contribution >= 0.6 is 0 Å². The van der Waals surface area contributed by atoms with Crippen LogP contribution < -0.4 is 25.8 Å². The van der Waals surface area contributed by atoms with Crippen molar-refractivity contribution in [2.45, 2.75) is 84.6 Å². The lowest BCUT2D eigenvalue weighted by molar-refractivity contribution is -0.0171. The summed E-state index contributed by atoms with van der Waals surface area (Å²) in [5.41, 5.74) is 4.62. The predicted molar refractivity (Wildman–Crippen MR) is 160 cm³/mol. The molecular weight excluding hydrogens is 520 g/mol. The van der Waals surface area contributed by atoms with Gasteiger partial charge in [0, 0.05) is 74.0 Å². The van der Waals surface area contributed by atoms with Crippen molar-refractivity contribution < 1.29 is 19.0 Å². The van der Waals surface area contributed by atoms with Crippen molar-refractivity contribution in [3.63, 3.8) is 0 Å². The lowest BCUT2D eigenvalue weighted by Gasteiger charge is -2.39. The van der Waals surface area contributed by atoms with E-state index >= 15 is 0 Å². The van der Waals surface area contributed by atoms with Gasteiger partial charge in [0.25, 0.3) is 11.5 Å². The molecule has 1 amide bonds. The van der Waals surface area contributed by atoms with Gasteiger partial charge in [0.2, 0.25) is 0 Å². The highest BCUT2D eigenvalue weighted by Gasteiger charge is 2.34. The highest BCUT2D eigenvalue weighted by atomic mass is 16.5. The minimum absolute atomic E-state index is 0.134. The Labute approximate surface area is 243 Å². The maximum atomic E-state index is 13.6. The van der Waals surface area contributed by atoms with E-state index in [4.69, 9.17) is 14.2 Å². The molecule has 41 heavy (non-hydrogen) atoms. The molecule has 9 heteroatoms. The van der Waals surface area contributed by atoms with E-state index in [1.165, 1.54) is 0 Å². The summed E-state index contributed by atoms with van der Waals surface area (Å²) < 4.78 is 18.0. The largest absolute Gasteiger partial charge is 0.490 e. The third kappa shape index (κ3) is 7.13. The molecule has 0 radical (unpaired) electrons. The summed E-state index contributed by atoms with van der Waals surface area (Å²) in [7, 11) is 0. The monoisotopic (exact) mass is 566 g/mol. The van der Waals surface area contributed by atoms with E-state index < -0.39 is 0 Å². The van der Waals surface area contributed by atoms with E-state index in [-0.39, 0.29) is 30.2 Å². The Balaban J connectivity index is 1.34. The van der Waals surface area contributed by atoms with Crippen molar-refractivity contribution >= 4 is 11.6 Å². The van der Waals surface area contributed by atoms with Crippen LogP contribution in [-0.4, -0.2) is 68.6 Å². The maximum absolute atomic E-state index is 13.6. The molecule has 1 aromatic heterocycles. The molecule has 2 aliphatic heterocycles. The molecular formula is C32H46N4O5. The van der Waals surface area contributed by atoms with E-state index in [0.29, 0.717) is 23.1 Å². The van der Waals surface area contributed by atoms with Gasteiger partial charge in [-0.05, 0) is 89.0 Å². The maximum Gasteiger partial charge on any atom is 0.253 e. The van der Waals surface area contributed by atoms with Crippen LogP contribution in [0.5, 0.6) is 5.75 Å². The summed E-state index contributed by atoms with van der Waals surface area (Å²) in [5, 5.41) is 6.42. The summed E-state index contributed by atoms with van der Waals surface area (Å²) in [5.74, 6) is 1.12. The number of hydrogen-bond acceptors (Lipinski definition) is 7. The molecule has 0 spiro atoms. The Hall–Kier alpha value is -2.88. The molecule has 3 N–H and O–H groups in total. The first-order chi connectivity index (χ1) is 19.8. The van der Waals surface area contributed by atoms with Crippen LogP contribution in [0.2, 0.25) is 0 Å². The molecule has 224 valence electrons. The van der Waals surface area contributed by atoms with Crippen LogP contribution in [0.1, 0.15) is 71.8 Å². The lowest BCUT2D eigenvalue weighted by Crippen LogP contribution is -2.43. The predicted octanol–water partition coefficient (Wildman–Crippen LogP) is 3.77. The number of nitrogens with zero attached hydrogens (tertiary/aromatic N) is 1. The first-order valence-corrected chi connectivity index (χ1v) is 15.3. The molecule has 2 aromatic rings.